The molecule has 5 nitrogen and oxygen atoms in total. The molecule has 0 saturated carbocycles. The Hall–Kier alpha value is -2.14. The first kappa shape index (κ1) is 19.2. The number of ether oxygens (including phenoxy) is 1. The molecule has 0 unspecified atom stereocenters. The van der Waals surface area contributed by atoms with Gasteiger partial charge >= 0.3 is 0 Å². The van der Waals surface area contributed by atoms with Crippen molar-refractivity contribution in [2.45, 2.75) is 53.7 Å². The smallest absolute Gasteiger partial charge is 0.224 e. The molecule has 5 heteroatoms. The molecule has 25 heavy (non-hydrogen) atoms. The molecule has 1 N–H and O–H groups in total. The van der Waals surface area contributed by atoms with E-state index in [0.717, 1.165) is 23.5 Å². The summed E-state index contributed by atoms with van der Waals surface area (Å²) in [7, 11) is 1.66. The maximum absolute atomic E-state index is 12.3. The van der Waals surface area contributed by atoms with E-state index in [-0.39, 0.29) is 5.91 Å². The van der Waals surface area contributed by atoms with E-state index in [1.54, 1.807) is 7.11 Å². The number of nitrogens with zero attached hydrogens (tertiary/aromatic N) is 2. The molecule has 1 amide bonds. The van der Waals surface area contributed by atoms with Gasteiger partial charge in [0.05, 0.1) is 12.3 Å². The highest BCUT2D eigenvalue weighted by atomic mass is 16.5. The molecule has 0 fully saturated rings. The van der Waals surface area contributed by atoms with Gasteiger partial charge in [0.1, 0.15) is 0 Å². The standard InChI is InChI=1S/C20H29N3O2/c1-14(2)12-23-16(4)19(15(3)22-23)9-10-20(24)21-18-8-6-7-17(11-18)13-25-5/h6-8,11,14H,9-10,12-13H2,1-5H3,(H,21,24). The third-order valence-corrected chi connectivity index (χ3v) is 4.19. The molecule has 2 aromatic rings. The molecule has 0 spiro atoms. The van der Waals surface area contributed by atoms with Crippen LogP contribution >= 0.6 is 0 Å². The molecular weight excluding hydrogens is 314 g/mol. The summed E-state index contributed by atoms with van der Waals surface area (Å²) in [4.78, 5) is 12.3. The number of methoxy groups -OCH3 is 1. The molecule has 1 aromatic carbocycles. The SMILES string of the molecule is COCc1cccc(NC(=O)CCc2c(C)nn(CC(C)C)c2C)c1. The Labute approximate surface area is 150 Å². The lowest BCUT2D eigenvalue weighted by atomic mass is 10.1. The van der Waals surface area contributed by atoms with Crippen LogP contribution in [0.15, 0.2) is 24.3 Å². The second kappa shape index (κ2) is 8.81. The highest BCUT2D eigenvalue weighted by molar-refractivity contribution is 5.90. The number of nitrogens with one attached hydrogen (secondary N) is 1. The van der Waals surface area contributed by atoms with Gasteiger partial charge in [-0.3, -0.25) is 9.48 Å². The van der Waals surface area contributed by atoms with Crippen LogP contribution in [0.1, 0.15) is 42.8 Å². The highest BCUT2D eigenvalue weighted by Crippen LogP contribution is 2.17. The van der Waals surface area contributed by atoms with Crippen molar-refractivity contribution in [2.75, 3.05) is 12.4 Å². The van der Waals surface area contributed by atoms with Crippen LogP contribution < -0.4 is 5.32 Å². The minimum Gasteiger partial charge on any atom is -0.380 e. The number of benzene rings is 1. The molecule has 1 aromatic heterocycles. The monoisotopic (exact) mass is 343 g/mol. The fourth-order valence-corrected chi connectivity index (χ4v) is 2.99. The molecule has 0 atom stereocenters. The number of hydrogen-bond donors (Lipinski definition) is 1. The zero-order valence-corrected chi connectivity index (χ0v) is 15.9. The quantitative estimate of drug-likeness (QED) is 0.791. The van der Waals surface area contributed by atoms with E-state index in [9.17, 15) is 4.79 Å². The fourth-order valence-electron chi connectivity index (χ4n) is 2.99. The lowest BCUT2D eigenvalue weighted by molar-refractivity contribution is -0.116. The van der Waals surface area contributed by atoms with Crippen LogP contribution in [0.3, 0.4) is 0 Å². The zero-order valence-electron chi connectivity index (χ0n) is 15.9. The molecule has 0 aliphatic rings. The minimum absolute atomic E-state index is 0.0185. The average Bonchev–Trinajstić information content (AvgIpc) is 2.79. The summed E-state index contributed by atoms with van der Waals surface area (Å²) in [5.74, 6) is 0.568. The number of aryl methyl sites for hydroxylation is 1. The first-order valence-electron chi connectivity index (χ1n) is 8.81. The Kier molecular flexibility index (Phi) is 6.76. The Morgan fingerprint density at radius 3 is 2.76 bits per heavy atom. The van der Waals surface area contributed by atoms with Gasteiger partial charge in [-0.25, -0.2) is 0 Å². The Morgan fingerprint density at radius 2 is 2.08 bits per heavy atom. The lowest BCUT2D eigenvalue weighted by Gasteiger charge is -2.09. The fraction of sp³-hybridized carbons (Fsp3) is 0.500. The minimum atomic E-state index is 0.0185. The highest BCUT2D eigenvalue weighted by Gasteiger charge is 2.14. The number of anilines is 1. The average molecular weight is 343 g/mol. The van der Waals surface area contributed by atoms with Gasteiger partial charge in [-0.2, -0.15) is 5.10 Å². The van der Waals surface area contributed by atoms with Crippen molar-refractivity contribution in [1.29, 1.82) is 0 Å². The zero-order chi connectivity index (χ0) is 18.4. The molecule has 2 rings (SSSR count). The maximum Gasteiger partial charge on any atom is 0.224 e. The van der Waals surface area contributed by atoms with Crippen LogP contribution in [-0.2, 0) is 29.1 Å². The number of hydrogen-bond acceptors (Lipinski definition) is 3. The van der Waals surface area contributed by atoms with Gasteiger partial charge in [0.2, 0.25) is 5.91 Å². The predicted octanol–water partition coefficient (Wildman–Crippen LogP) is 3.87. The normalized spacial score (nSPS) is 11.1. The third kappa shape index (κ3) is 5.43. The van der Waals surface area contributed by atoms with Crippen LogP contribution in [0, 0.1) is 19.8 Å². The molecular formula is C20H29N3O2. The number of carbonyl (C=O) groups is 1. The first-order valence-corrected chi connectivity index (χ1v) is 8.81. The van der Waals surface area contributed by atoms with Crippen molar-refractivity contribution in [3.8, 4) is 0 Å². The molecule has 0 aliphatic heterocycles. The predicted molar refractivity (Wildman–Crippen MR) is 101 cm³/mol. The van der Waals surface area contributed by atoms with Gasteiger partial charge in [0.25, 0.3) is 0 Å². The summed E-state index contributed by atoms with van der Waals surface area (Å²) in [6.45, 7) is 9.92. The number of amides is 1. The van der Waals surface area contributed by atoms with Crippen molar-refractivity contribution in [3.63, 3.8) is 0 Å². The van der Waals surface area contributed by atoms with E-state index in [4.69, 9.17) is 4.74 Å². The largest absolute Gasteiger partial charge is 0.380 e. The van der Waals surface area contributed by atoms with Gasteiger partial charge in [-0.05, 0) is 49.4 Å². The van der Waals surface area contributed by atoms with Crippen molar-refractivity contribution in [1.82, 2.24) is 9.78 Å². The van der Waals surface area contributed by atoms with Crippen molar-refractivity contribution < 1.29 is 9.53 Å². The molecule has 136 valence electrons. The van der Waals surface area contributed by atoms with E-state index >= 15 is 0 Å². The maximum atomic E-state index is 12.3. The van der Waals surface area contributed by atoms with E-state index in [1.807, 2.05) is 31.2 Å². The number of rotatable bonds is 8. The molecule has 0 saturated heterocycles. The van der Waals surface area contributed by atoms with Crippen molar-refractivity contribution in [2.24, 2.45) is 5.92 Å². The topological polar surface area (TPSA) is 56.1 Å². The van der Waals surface area contributed by atoms with Crippen LogP contribution in [0.2, 0.25) is 0 Å². The summed E-state index contributed by atoms with van der Waals surface area (Å²) in [6, 6.07) is 7.75. The Bertz CT molecular complexity index is 720. The van der Waals surface area contributed by atoms with E-state index in [0.29, 0.717) is 25.4 Å². The number of aromatic nitrogens is 2. The van der Waals surface area contributed by atoms with Gasteiger partial charge in [0.15, 0.2) is 0 Å². The Morgan fingerprint density at radius 1 is 1.32 bits per heavy atom. The van der Waals surface area contributed by atoms with Crippen LogP contribution in [0.25, 0.3) is 0 Å². The summed E-state index contributed by atoms with van der Waals surface area (Å²) >= 11 is 0. The molecule has 0 bridgehead atoms. The lowest BCUT2D eigenvalue weighted by Crippen LogP contribution is -2.13. The third-order valence-electron chi connectivity index (χ3n) is 4.19. The molecule has 0 radical (unpaired) electrons. The van der Waals surface area contributed by atoms with Gasteiger partial charge in [-0.1, -0.05) is 26.0 Å². The summed E-state index contributed by atoms with van der Waals surface area (Å²) in [5, 5.41) is 7.58. The van der Waals surface area contributed by atoms with E-state index in [2.05, 4.69) is 35.9 Å². The van der Waals surface area contributed by atoms with Crippen LogP contribution in [-0.4, -0.2) is 22.8 Å². The van der Waals surface area contributed by atoms with E-state index < -0.39 is 0 Å². The Balaban J connectivity index is 1.96. The first-order chi connectivity index (χ1) is 11.9. The van der Waals surface area contributed by atoms with Crippen LogP contribution in [0.4, 0.5) is 5.69 Å². The second-order valence-corrected chi connectivity index (χ2v) is 6.91. The molecule has 1 heterocycles. The second-order valence-electron chi connectivity index (χ2n) is 6.91. The number of carbonyl (C=O) groups excluding carboxylic acids is 1. The van der Waals surface area contributed by atoms with Crippen LogP contribution in [0.5, 0.6) is 0 Å². The summed E-state index contributed by atoms with van der Waals surface area (Å²) in [5.41, 5.74) is 5.23. The summed E-state index contributed by atoms with van der Waals surface area (Å²) < 4.78 is 7.18. The van der Waals surface area contributed by atoms with Gasteiger partial charge < -0.3 is 10.1 Å². The van der Waals surface area contributed by atoms with E-state index in [1.165, 1.54) is 11.3 Å². The summed E-state index contributed by atoms with van der Waals surface area (Å²) in [6.07, 6.45) is 1.16. The van der Waals surface area contributed by atoms with Crippen molar-refractivity contribution in [3.05, 3.63) is 46.8 Å². The van der Waals surface area contributed by atoms with Crippen molar-refractivity contribution >= 4 is 11.6 Å². The van der Waals surface area contributed by atoms with Gasteiger partial charge in [0, 0.05) is 31.5 Å². The molecule has 0 aliphatic carbocycles. The van der Waals surface area contributed by atoms with Gasteiger partial charge in [-0.15, -0.1) is 0 Å².